The van der Waals surface area contributed by atoms with E-state index in [0.717, 1.165) is 15.8 Å². The van der Waals surface area contributed by atoms with E-state index in [1.54, 1.807) is 12.1 Å². The minimum atomic E-state index is -1.08. The molecule has 1 atom stereocenters. The molecule has 0 fully saturated rings. The van der Waals surface area contributed by atoms with E-state index < -0.39 is 10.8 Å². The van der Waals surface area contributed by atoms with Crippen LogP contribution < -0.4 is 5.73 Å². The van der Waals surface area contributed by atoms with Crippen molar-refractivity contribution in [3.05, 3.63) is 72.3 Å². The van der Waals surface area contributed by atoms with E-state index in [1.165, 1.54) is 5.39 Å². The minimum Gasteiger partial charge on any atom is -0.399 e. The lowest BCUT2D eigenvalue weighted by Gasteiger charge is -2.07. The van der Waals surface area contributed by atoms with E-state index in [9.17, 15) is 4.21 Å². The Kier molecular flexibility index (Phi) is 3.52. The van der Waals surface area contributed by atoms with Crippen molar-refractivity contribution in [2.45, 2.75) is 10.6 Å². The van der Waals surface area contributed by atoms with Crippen molar-refractivity contribution < 1.29 is 4.21 Å². The van der Waals surface area contributed by atoms with Gasteiger partial charge in [0.05, 0.1) is 16.6 Å². The molecule has 20 heavy (non-hydrogen) atoms. The second kappa shape index (κ2) is 5.47. The van der Waals surface area contributed by atoms with Gasteiger partial charge in [-0.25, -0.2) is 0 Å². The van der Waals surface area contributed by atoms with Crippen LogP contribution in [-0.2, 0) is 16.6 Å². The van der Waals surface area contributed by atoms with Crippen LogP contribution in [0.15, 0.2) is 71.6 Å². The van der Waals surface area contributed by atoms with Gasteiger partial charge in [-0.2, -0.15) is 0 Å². The summed E-state index contributed by atoms with van der Waals surface area (Å²) in [5.41, 5.74) is 7.49. The average Bonchev–Trinajstić information content (AvgIpc) is 2.47. The van der Waals surface area contributed by atoms with Crippen LogP contribution in [0, 0.1) is 0 Å². The summed E-state index contributed by atoms with van der Waals surface area (Å²) in [6.07, 6.45) is 0. The number of benzene rings is 3. The Morgan fingerprint density at radius 2 is 1.65 bits per heavy atom. The van der Waals surface area contributed by atoms with Crippen molar-refractivity contribution in [3.63, 3.8) is 0 Å². The number of hydrogen-bond acceptors (Lipinski definition) is 2. The third kappa shape index (κ3) is 2.58. The van der Waals surface area contributed by atoms with Gasteiger partial charge in [0.2, 0.25) is 0 Å². The maximum atomic E-state index is 12.5. The van der Waals surface area contributed by atoms with Gasteiger partial charge in [-0.3, -0.25) is 4.21 Å². The molecule has 3 aromatic carbocycles. The average molecular weight is 281 g/mol. The standard InChI is InChI=1S/C17H15NOS/c18-15-8-4-9-16(11-15)20(19)12-14-7-3-6-13-5-1-2-10-17(13)14/h1-11H,12,18H2. The van der Waals surface area contributed by atoms with E-state index in [1.807, 2.05) is 36.4 Å². The summed E-state index contributed by atoms with van der Waals surface area (Å²) >= 11 is 0. The van der Waals surface area contributed by atoms with Gasteiger partial charge >= 0.3 is 0 Å². The van der Waals surface area contributed by atoms with Crippen molar-refractivity contribution in [1.29, 1.82) is 0 Å². The molecule has 0 spiro atoms. The fraction of sp³-hybridized carbons (Fsp3) is 0.0588. The molecule has 0 aromatic heterocycles. The molecule has 100 valence electrons. The number of nitrogens with two attached hydrogens (primary N) is 1. The lowest BCUT2D eigenvalue weighted by molar-refractivity contribution is 0.683. The Balaban J connectivity index is 1.95. The molecule has 0 heterocycles. The van der Waals surface area contributed by atoms with Crippen molar-refractivity contribution in [2.24, 2.45) is 0 Å². The van der Waals surface area contributed by atoms with Crippen LogP contribution in [0.2, 0.25) is 0 Å². The molecule has 0 radical (unpaired) electrons. The third-order valence-corrected chi connectivity index (χ3v) is 4.64. The first-order valence-corrected chi connectivity index (χ1v) is 7.76. The number of rotatable bonds is 3. The normalized spacial score (nSPS) is 12.4. The van der Waals surface area contributed by atoms with Gasteiger partial charge < -0.3 is 5.73 Å². The van der Waals surface area contributed by atoms with Crippen molar-refractivity contribution in [3.8, 4) is 0 Å². The Hall–Kier alpha value is -2.13. The monoisotopic (exact) mass is 281 g/mol. The highest BCUT2D eigenvalue weighted by molar-refractivity contribution is 7.84. The molecule has 3 rings (SSSR count). The zero-order chi connectivity index (χ0) is 13.9. The van der Waals surface area contributed by atoms with E-state index in [0.29, 0.717) is 11.4 Å². The van der Waals surface area contributed by atoms with Crippen molar-refractivity contribution >= 4 is 27.3 Å². The molecule has 0 saturated heterocycles. The highest BCUT2D eigenvalue weighted by Crippen LogP contribution is 2.22. The topological polar surface area (TPSA) is 43.1 Å². The van der Waals surface area contributed by atoms with Crippen LogP contribution in [0.3, 0.4) is 0 Å². The first-order valence-electron chi connectivity index (χ1n) is 6.44. The van der Waals surface area contributed by atoms with E-state index in [-0.39, 0.29) is 0 Å². The molecule has 0 aliphatic rings. The zero-order valence-corrected chi connectivity index (χ0v) is 11.8. The van der Waals surface area contributed by atoms with Gasteiger partial charge in [-0.05, 0) is 34.5 Å². The SMILES string of the molecule is Nc1cccc(S(=O)Cc2cccc3ccccc23)c1. The van der Waals surface area contributed by atoms with E-state index >= 15 is 0 Å². The van der Waals surface area contributed by atoms with Crippen molar-refractivity contribution in [2.75, 3.05) is 5.73 Å². The molecule has 0 aliphatic carbocycles. The quantitative estimate of drug-likeness (QED) is 0.743. The summed E-state index contributed by atoms with van der Waals surface area (Å²) in [6.45, 7) is 0. The molecule has 0 amide bonds. The first kappa shape index (κ1) is 12.9. The van der Waals surface area contributed by atoms with Gasteiger partial charge in [-0.1, -0.05) is 48.5 Å². The van der Waals surface area contributed by atoms with Gasteiger partial charge in [0.25, 0.3) is 0 Å². The van der Waals surface area contributed by atoms with Gasteiger partial charge in [0, 0.05) is 10.6 Å². The second-order valence-corrected chi connectivity index (χ2v) is 6.15. The Labute approximate surface area is 120 Å². The molecule has 0 saturated carbocycles. The molecular weight excluding hydrogens is 266 g/mol. The molecular formula is C17H15NOS. The van der Waals surface area contributed by atoms with Gasteiger partial charge in [0.15, 0.2) is 0 Å². The third-order valence-electron chi connectivity index (χ3n) is 3.29. The predicted octanol–water partition coefficient (Wildman–Crippen LogP) is 3.73. The smallest absolute Gasteiger partial charge is 0.0575 e. The summed E-state index contributed by atoms with van der Waals surface area (Å²) in [4.78, 5) is 0.776. The molecule has 1 unspecified atom stereocenters. The number of fused-ring (bicyclic) bond motifs is 1. The molecule has 0 bridgehead atoms. The molecule has 2 N–H and O–H groups in total. The Morgan fingerprint density at radius 1 is 0.900 bits per heavy atom. The number of anilines is 1. The highest BCUT2D eigenvalue weighted by Gasteiger charge is 2.08. The summed E-state index contributed by atoms with van der Waals surface area (Å²) in [7, 11) is -1.08. The van der Waals surface area contributed by atoms with Gasteiger partial charge in [0.1, 0.15) is 0 Å². The van der Waals surface area contributed by atoms with Crippen LogP contribution in [-0.4, -0.2) is 4.21 Å². The number of hydrogen-bond donors (Lipinski definition) is 1. The van der Waals surface area contributed by atoms with Crippen LogP contribution in [0.5, 0.6) is 0 Å². The van der Waals surface area contributed by atoms with Crippen LogP contribution >= 0.6 is 0 Å². The second-order valence-electron chi connectivity index (χ2n) is 4.70. The summed E-state index contributed by atoms with van der Waals surface area (Å²) in [6, 6.07) is 21.6. The fourth-order valence-corrected chi connectivity index (χ4v) is 3.50. The highest BCUT2D eigenvalue weighted by atomic mass is 32.2. The summed E-state index contributed by atoms with van der Waals surface area (Å²) < 4.78 is 12.5. The fourth-order valence-electron chi connectivity index (χ4n) is 2.30. The predicted molar refractivity (Wildman–Crippen MR) is 84.9 cm³/mol. The first-order chi connectivity index (χ1) is 9.74. The lowest BCUT2D eigenvalue weighted by Crippen LogP contribution is -1.98. The maximum Gasteiger partial charge on any atom is 0.0575 e. The maximum absolute atomic E-state index is 12.5. The Bertz CT molecular complexity index is 777. The zero-order valence-electron chi connectivity index (χ0n) is 11.0. The molecule has 3 heteroatoms. The molecule has 2 nitrogen and oxygen atoms in total. The van der Waals surface area contributed by atoms with Gasteiger partial charge in [-0.15, -0.1) is 0 Å². The van der Waals surface area contributed by atoms with Crippen LogP contribution in [0.4, 0.5) is 5.69 Å². The molecule has 3 aromatic rings. The van der Waals surface area contributed by atoms with Crippen LogP contribution in [0.25, 0.3) is 10.8 Å². The van der Waals surface area contributed by atoms with Crippen LogP contribution in [0.1, 0.15) is 5.56 Å². The van der Waals surface area contributed by atoms with E-state index in [2.05, 4.69) is 18.2 Å². The number of nitrogen functional groups attached to an aromatic ring is 1. The molecule has 0 aliphatic heterocycles. The van der Waals surface area contributed by atoms with E-state index in [4.69, 9.17) is 5.73 Å². The summed E-state index contributed by atoms with van der Waals surface area (Å²) in [5.74, 6) is 0.505. The largest absolute Gasteiger partial charge is 0.399 e. The minimum absolute atomic E-state index is 0.505. The Morgan fingerprint density at radius 3 is 2.50 bits per heavy atom. The van der Waals surface area contributed by atoms with Crippen molar-refractivity contribution in [1.82, 2.24) is 0 Å². The summed E-state index contributed by atoms with van der Waals surface area (Å²) in [5, 5.41) is 2.34. The lowest BCUT2D eigenvalue weighted by atomic mass is 10.1.